The fourth-order valence-electron chi connectivity index (χ4n) is 1.84. The third-order valence-corrected chi connectivity index (χ3v) is 3.34. The smallest absolute Gasteiger partial charge is 0.0594 e. The van der Waals surface area contributed by atoms with Gasteiger partial charge >= 0.3 is 0 Å². The molecular weight excluding hydrogens is 184 g/mol. The highest BCUT2D eigenvalue weighted by molar-refractivity contribution is 7.03. The molecule has 1 aliphatic rings. The normalized spacial score (nSPS) is 30.6. The largest absolute Gasteiger partial charge is 0.378 e. The van der Waals surface area contributed by atoms with Gasteiger partial charge in [-0.3, -0.25) is 0 Å². The average molecular weight is 198 g/mol. The maximum Gasteiger partial charge on any atom is 0.0594 e. The Balaban J connectivity index is 2.08. The minimum atomic E-state index is 0.0937. The summed E-state index contributed by atoms with van der Waals surface area (Å²) in [5.74, 6) is 0.455. The molecule has 0 bridgehead atoms. The van der Waals surface area contributed by atoms with Crippen molar-refractivity contribution in [3.8, 4) is 0 Å². The van der Waals surface area contributed by atoms with Crippen molar-refractivity contribution in [2.75, 3.05) is 6.61 Å². The Hall–Kier alpha value is -0.450. The highest BCUT2D eigenvalue weighted by Gasteiger charge is 2.30. The fraction of sp³-hybridized carbons (Fsp3) is 0.667. The predicted octanol–water partition coefficient (Wildman–Crippen LogP) is 1.57. The monoisotopic (exact) mass is 198 g/mol. The Morgan fingerprint density at radius 2 is 2.62 bits per heavy atom. The lowest BCUT2D eigenvalue weighted by atomic mass is 9.91. The molecule has 1 aromatic heterocycles. The summed E-state index contributed by atoms with van der Waals surface area (Å²) in [7, 11) is 0. The Morgan fingerprint density at radius 1 is 1.77 bits per heavy atom. The van der Waals surface area contributed by atoms with Crippen LogP contribution in [0, 0.1) is 5.92 Å². The molecule has 0 radical (unpaired) electrons. The molecule has 13 heavy (non-hydrogen) atoms. The molecule has 72 valence electrons. The van der Waals surface area contributed by atoms with E-state index in [1.165, 1.54) is 11.5 Å². The molecule has 0 saturated carbocycles. The van der Waals surface area contributed by atoms with Crippen LogP contribution in [0.5, 0.6) is 0 Å². The maximum atomic E-state index is 6.12. The second-order valence-corrected chi connectivity index (χ2v) is 4.17. The van der Waals surface area contributed by atoms with Crippen LogP contribution in [0.15, 0.2) is 11.6 Å². The van der Waals surface area contributed by atoms with E-state index in [0.29, 0.717) is 5.92 Å². The van der Waals surface area contributed by atoms with Crippen molar-refractivity contribution in [3.63, 3.8) is 0 Å². The first-order valence-electron chi connectivity index (χ1n) is 4.55. The molecule has 0 aliphatic carbocycles. The number of rotatable bonds is 2. The van der Waals surface area contributed by atoms with E-state index in [-0.39, 0.29) is 12.1 Å². The van der Waals surface area contributed by atoms with Crippen LogP contribution in [0.4, 0.5) is 0 Å². The molecule has 3 nitrogen and oxygen atoms in total. The minimum Gasteiger partial charge on any atom is -0.378 e. The third kappa shape index (κ3) is 1.75. The summed E-state index contributed by atoms with van der Waals surface area (Å²) in [6.45, 7) is 2.94. The Morgan fingerprint density at radius 3 is 3.15 bits per heavy atom. The molecule has 1 fully saturated rings. The molecule has 2 heterocycles. The van der Waals surface area contributed by atoms with E-state index >= 15 is 0 Å². The average Bonchev–Trinajstić information content (AvgIpc) is 2.72. The van der Waals surface area contributed by atoms with E-state index < -0.39 is 0 Å². The van der Waals surface area contributed by atoms with Crippen LogP contribution in [0.25, 0.3) is 0 Å². The summed E-state index contributed by atoms with van der Waals surface area (Å²) >= 11 is 1.46. The standard InChI is InChI=1S/C9H14N2OS/c1-6-8(2-3-12-6)9(10)7-4-11-13-5-7/h4-6,8-9H,2-3,10H2,1H3. The van der Waals surface area contributed by atoms with Gasteiger partial charge in [0.2, 0.25) is 0 Å². The Bertz CT molecular complexity index is 263. The van der Waals surface area contributed by atoms with Gasteiger partial charge in [0, 0.05) is 30.1 Å². The lowest BCUT2D eigenvalue weighted by molar-refractivity contribution is 0.0995. The summed E-state index contributed by atoms with van der Waals surface area (Å²) in [6.07, 6.45) is 3.22. The zero-order valence-electron chi connectivity index (χ0n) is 7.64. The Kier molecular flexibility index (Phi) is 2.62. The number of ether oxygens (including phenoxy) is 1. The zero-order chi connectivity index (χ0) is 9.26. The molecule has 1 aromatic rings. The van der Waals surface area contributed by atoms with Crippen molar-refractivity contribution < 1.29 is 4.74 Å². The second kappa shape index (κ2) is 3.74. The number of aromatic nitrogens is 1. The topological polar surface area (TPSA) is 48.1 Å². The van der Waals surface area contributed by atoms with Gasteiger partial charge in [-0.25, -0.2) is 4.37 Å². The summed E-state index contributed by atoms with van der Waals surface area (Å²) in [5.41, 5.74) is 7.27. The number of hydrogen-bond donors (Lipinski definition) is 1. The van der Waals surface area contributed by atoms with Crippen LogP contribution < -0.4 is 5.73 Å². The van der Waals surface area contributed by atoms with Crippen molar-refractivity contribution >= 4 is 11.5 Å². The first kappa shape index (κ1) is 9.12. The molecular formula is C9H14N2OS. The summed E-state index contributed by atoms with van der Waals surface area (Å²) < 4.78 is 9.55. The van der Waals surface area contributed by atoms with Gasteiger partial charge in [-0.15, -0.1) is 0 Å². The lowest BCUT2D eigenvalue weighted by Crippen LogP contribution is -2.26. The van der Waals surface area contributed by atoms with Crippen LogP contribution >= 0.6 is 11.5 Å². The van der Waals surface area contributed by atoms with Crippen molar-refractivity contribution in [1.29, 1.82) is 0 Å². The van der Waals surface area contributed by atoms with Gasteiger partial charge in [-0.05, 0) is 30.4 Å². The van der Waals surface area contributed by atoms with E-state index in [4.69, 9.17) is 10.5 Å². The molecule has 0 aromatic carbocycles. The van der Waals surface area contributed by atoms with E-state index in [1.54, 1.807) is 0 Å². The van der Waals surface area contributed by atoms with E-state index in [2.05, 4.69) is 11.3 Å². The van der Waals surface area contributed by atoms with Crippen LogP contribution in [0.3, 0.4) is 0 Å². The van der Waals surface area contributed by atoms with Crippen LogP contribution in [-0.4, -0.2) is 17.1 Å². The summed E-state index contributed by atoms with van der Waals surface area (Å²) in [4.78, 5) is 0. The number of nitrogens with zero attached hydrogens (tertiary/aromatic N) is 1. The van der Waals surface area contributed by atoms with Crippen molar-refractivity contribution in [1.82, 2.24) is 4.37 Å². The highest BCUT2D eigenvalue weighted by atomic mass is 32.1. The van der Waals surface area contributed by atoms with Crippen LogP contribution in [-0.2, 0) is 4.74 Å². The van der Waals surface area contributed by atoms with E-state index in [9.17, 15) is 0 Å². The van der Waals surface area contributed by atoms with Gasteiger partial charge < -0.3 is 10.5 Å². The molecule has 4 heteroatoms. The van der Waals surface area contributed by atoms with E-state index in [0.717, 1.165) is 18.6 Å². The first-order valence-corrected chi connectivity index (χ1v) is 5.39. The third-order valence-electron chi connectivity index (χ3n) is 2.73. The molecule has 0 spiro atoms. The summed E-state index contributed by atoms with van der Waals surface area (Å²) in [5, 5.41) is 2.02. The van der Waals surface area contributed by atoms with Gasteiger partial charge in [0.1, 0.15) is 0 Å². The highest BCUT2D eigenvalue weighted by Crippen LogP contribution is 2.31. The molecule has 2 N–H and O–H groups in total. The van der Waals surface area contributed by atoms with Crippen molar-refractivity contribution in [3.05, 3.63) is 17.1 Å². The van der Waals surface area contributed by atoms with Gasteiger partial charge in [0.15, 0.2) is 0 Å². The quantitative estimate of drug-likeness (QED) is 0.784. The van der Waals surface area contributed by atoms with Crippen LogP contribution in [0.2, 0.25) is 0 Å². The molecule has 1 aliphatic heterocycles. The molecule has 1 saturated heterocycles. The Labute approximate surface area is 82.1 Å². The first-order chi connectivity index (χ1) is 6.29. The SMILES string of the molecule is CC1OCCC1C(N)c1cnsc1. The number of hydrogen-bond acceptors (Lipinski definition) is 4. The fourth-order valence-corrected chi connectivity index (χ4v) is 2.43. The maximum absolute atomic E-state index is 6.12. The second-order valence-electron chi connectivity index (χ2n) is 3.51. The minimum absolute atomic E-state index is 0.0937. The van der Waals surface area contributed by atoms with Gasteiger partial charge in [0.25, 0.3) is 0 Å². The van der Waals surface area contributed by atoms with Gasteiger partial charge in [0.05, 0.1) is 6.10 Å². The van der Waals surface area contributed by atoms with Gasteiger partial charge in [-0.2, -0.15) is 0 Å². The van der Waals surface area contributed by atoms with Gasteiger partial charge in [-0.1, -0.05) is 0 Å². The lowest BCUT2D eigenvalue weighted by Gasteiger charge is -2.20. The van der Waals surface area contributed by atoms with E-state index in [1.807, 2.05) is 11.6 Å². The summed E-state index contributed by atoms with van der Waals surface area (Å²) in [6, 6.07) is 0.0937. The molecule has 2 rings (SSSR count). The van der Waals surface area contributed by atoms with Crippen LogP contribution in [0.1, 0.15) is 24.9 Å². The van der Waals surface area contributed by atoms with Crippen molar-refractivity contribution in [2.24, 2.45) is 11.7 Å². The molecule has 3 unspecified atom stereocenters. The molecule has 0 amide bonds. The predicted molar refractivity (Wildman–Crippen MR) is 52.6 cm³/mol. The number of nitrogens with two attached hydrogens (primary N) is 1. The zero-order valence-corrected chi connectivity index (χ0v) is 8.46. The molecule has 3 atom stereocenters. The van der Waals surface area contributed by atoms with Crippen molar-refractivity contribution in [2.45, 2.75) is 25.5 Å².